The van der Waals surface area contributed by atoms with Gasteiger partial charge in [0.15, 0.2) is 0 Å². The topological polar surface area (TPSA) is 84.9 Å². The standard InChI is InChI=1S/C21H22N2O5/c1-3-28-21(26)14-7-9-16(10-8-14)22-20(25)15-11-19(24)23(13-15)17-5-4-6-18(12-17)27-2/h4-10,12,15H,3,11,13H2,1-2H3,(H,22,25)/t15-/m1/s1. The van der Waals surface area contributed by atoms with E-state index in [4.69, 9.17) is 9.47 Å². The average molecular weight is 382 g/mol. The lowest BCUT2D eigenvalue weighted by Gasteiger charge is -2.17. The molecule has 2 aromatic rings. The van der Waals surface area contributed by atoms with Gasteiger partial charge in [-0.2, -0.15) is 0 Å². The van der Waals surface area contributed by atoms with Crippen LogP contribution in [0.5, 0.6) is 5.75 Å². The number of amides is 2. The summed E-state index contributed by atoms with van der Waals surface area (Å²) in [5, 5.41) is 2.80. The second kappa shape index (κ2) is 8.56. The number of carbonyl (C=O) groups excluding carboxylic acids is 3. The zero-order valence-electron chi connectivity index (χ0n) is 15.8. The molecule has 1 heterocycles. The molecule has 7 nitrogen and oxygen atoms in total. The Labute approximate surface area is 163 Å². The fraction of sp³-hybridized carbons (Fsp3) is 0.286. The maximum atomic E-state index is 12.6. The molecule has 1 atom stereocenters. The van der Waals surface area contributed by atoms with Gasteiger partial charge in [-0.05, 0) is 43.3 Å². The van der Waals surface area contributed by atoms with Gasteiger partial charge in [-0.25, -0.2) is 4.79 Å². The molecule has 0 unspecified atom stereocenters. The molecule has 2 aromatic carbocycles. The highest BCUT2D eigenvalue weighted by atomic mass is 16.5. The Morgan fingerprint density at radius 1 is 1.18 bits per heavy atom. The van der Waals surface area contributed by atoms with Gasteiger partial charge < -0.3 is 19.7 Å². The maximum Gasteiger partial charge on any atom is 0.338 e. The van der Waals surface area contributed by atoms with Crippen LogP contribution in [0.15, 0.2) is 48.5 Å². The van der Waals surface area contributed by atoms with Crippen molar-refractivity contribution in [1.29, 1.82) is 0 Å². The lowest BCUT2D eigenvalue weighted by atomic mass is 10.1. The summed E-state index contributed by atoms with van der Waals surface area (Å²) in [5.74, 6) is -0.548. The summed E-state index contributed by atoms with van der Waals surface area (Å²) >= 11 is 0. The number of esters is 1. The van der Waals surface area contributed by atoms with Gasteiger partial charge in [0.25, 0.3) is 0 Å². The molecule has 3 rings (SSSR count). The molecule has 1 aliphatic heterocycles. The Hall–Kier alpha value is -3.35. The number of benzene rings is 2. The molecule has 1 saturated heterocycles. The Balaban J connectivity index is 1.63. The first kappa shape index (κ1) is 19.4. The molecular weight excluding hydrogens is 360 g/mol. The van der Waals surface area contributed by atoms with Crippen LogP contribution in [0.1, 0.15) is 23.7 Å². The number of methoxy groups -OCH3 is 1. The molecule has 2 amide bonds. The van der Waals surface area contributed by atoms with Gasteiger partial charge in [-0.3, -0.25) is 9.59 Å². The quantitative estimate of drug-likeness (QED) is 0.777. The van der Waals surface area contributed by atoms with Crippen LogP contribution in [-0.2, 0) is 14.3 Å². The molecule has 1 aliphatic rings. The van der Waals surface area contributed by atoms with Gasteiger partial charge in [0.05, 0.1) is 25.2 Å². The Morgan fingerprint density at radius 3 is 2.61 bits per heavy atom. The van der Waals surface area contributed by atoms with E-state index in [1.807, 2.05) is 6.07 Å². The first-order chi connectivity index (χ1) is 13.5. The summed E-state index contributed by atoms with van der Waals surface area (Å²) < 4.78 is 10.1. The molecule has 0 saturated carbocycles. The number of hydrogen-bond donors (Lipinski definition) is 1. The van der Waals surface area contributed by atoms with E-state index in [2.05, 4.69) is 5.32 Å². The maximum absolute atomic E-state index is 12.6. The molecule has 0 spiro atoms. The lowest BCUT2D eigenvalue weighted by Crippen LogP contribution is -2.28. The highest BCUT2D eigenvalue weighted by Gasteiger charge is 2.35. The van der Waals surface area contributed by atoms with E-state index in [0.29, 0.717) is 35.8 Å². The van der Waals surface area contributed by atoms with E-state index in [1.165, 1.54) is 0 Å². The van der Waals surface area contributed by atoms with Gasteiger partial charge in [0.1, 0.15) is 5.75 Å². The largest absolute Gasteiger partial charge is 0.497 e. The van der Waals surface area contributed by atoms with Crippen LogP contribution in [0.3, 0.4) is 0 Å². The van der Waals surface area contributed by atoms with Crippen molar-refractivity contribution in [3.8, 4) is 5.75 Å². The molecule has 0 radical (unpaired) electrons. The van der Waals surface area contributed by atoms with E-state index in [9.17, 15) is 14.4 Å². The van der Waals surface area contributed by atoms with E-state index >= 15 is 0 Å². The minimum atomic E-state index is -0.455. The summed E-state index contributed by atoms with van der Waals surface area (Å²) in [6, 6.07) is 13.7. The molecule has 7 heteroatoms. The molecular formula is C21H22N2O5. The van der Waals surface area contributed by atoms with E-state index in [-0.39, 0.29) is 18.2 Å². The molecule has 0 aromatic heterocycles. The van der Waals surface area contributed by atoms with Crippen LogP contribution in [0.4, 0.5) is 11.4 Å². The zero-order valence-corrected chi connectivity index (χ0v) is 15.8. The molecule has 0 bridgehead atoms. The number of nitrogens with one attached hydrogen (secondary N) is 1. The van der Waals surface area contributed by atoms with Gasteiger partial charge in [-0.15, -0.1) is 0 Å². The Morgan fingerprint density at radius 2 is 1.93 bits per heavy atom. The first-order valence-electron chi connectivity index (χ1n) is 9.04. The van der Waals surface area contributed by atoms with E-state index < -0.39 is 11.9 Å². The van der Waals surface area contributed by atoms with E-state index in [1.54, 1.807) is 61.4 Å². The number of rotatable bonds is 6. The number of nitrogens with zero attached hydrogens (tertiary/aromatic N) is 1. The zero-order chi connectivity index (χ0) is 20.1. The summed E-state index contributed by atoms with van der Waals surface area (Å²) in [4.78, 5) is 38.2. The van der Waals surface area contributed by atoms with Crippen LogP contribution in [0.2, 0.25) is 0 Å². The molecule has 146 valence electrons. The monoisotopic (exact) mass is 382 g/mol. The number of ether oxygens (including phenoxy) is 2. The van der Waals surface area contributed by atoms with Crippen molar-refractivity contribution in [2.45, 2.75) is 13.3 Å². The van der Waals surface area contributed by atoms with Gasteiger partial charge in [0.2, 0.25) is 11.8 Å². The number of hydrogen-bond acceptors (Lipinski definition) is 5. The number of carbonyl (C=O) groups is 3. The second-order valence-corrected chi connectivity index (χ2v) is 6.39. The van der Waals surface area contributed by atoms with Crippen LogP contribution in [0.25, 0.3) is 0 Å². The van der Waals surface area contributed by atoms with Crippen LogP contribution in [0, 0.1) is 5.92 Å². The molecule has 1 N–H and O–H groups in total. The highest BCUT2D eigenvalue weighted by molar-refractivity contribution is 6.03. The fourth-order valence-corrected chi connectivity index (χ4v) is 3.06. The predicted molar refractivity (Wildman–Crippen MR) is 104 cm³/mol. The Kier molecular flexibility index (Phi) is 5.93. The van der Waals surface area contributed by atoms with Crippen molar-refractivity contribution < 1.29 is 23.9 Å². The van der Waals surface area contributed by atoms with Crippen LogP contribution in [-0.4, -0.2) is 38.0 Å². The lowest BCUT2D eigenvalue weighted by molar-refractivity contribution is -0.122. The van der Waals surface area contributed by atoms with Crippen LogP contribution < -0.4 is 15.0 Å². The fourth-order valence-electron chi connectivity index (χ4n) is 3.06. The summed E-state index contributed by atoms with van der Waals surface area (Å²) in [5.41, 5.74) is 1.68. The third kappa shape index (κ3) is 4.31. The van der Waals surface area contributed by atoms with Gasteiger partial charge in [0, 0.05) is 30.4 Å². The van der Waals surface area contributed by atoms with Gasteiger partial charge in [-0.1, -0.05) is 6.07 Å². The molecule has 28 heavy (non-hydrogen) atoms. The van der Waals surface area contributed by atoms with E-state index in [0.717, 1.165) is 0 Å². The predicted octanol–water partition coefficient (Wildman–Crippen LogP) is 2.86. The summed E-state index contributed by atoms with van der Waals surface area (Å²) in [6.07, 6.45) is 0.143. The van der Waals surface area contributed by atoms with Crippen molar-refractivity contribution in [1.82, 2.24) is 0 Å². The minimum Gasteiger partial charge on any atom is -0.497 e. The van der Waals surface area contributed by atoms with Crippen molar-refractivity contribution in [2.24, 2.45) is 5.92 Å². The SMILES string of the molecule is CCOC(=O)c1ccc(NC(=O)[C@@H]2CC(=O)N(c3cccc(OC)c3)C2)cc1. The normalized spacial score (nSPS) is 16.0. The average Bonchev–Trinajstić information content (AvgIpc) is 3.10. The highest BCUT2D eigenvalue weighted by Crippen LogP contribution is 2.28. The summed E-state index contributed by atoms with van der Waals surface area (Å²) in [7, 11) is 1.56. The van der Waals surface area contributed by atoms with Gasteiger partial charge >= 0.3 is 5.97 Å². The molecule has 1 fully saturated rings. The molecule has 0 aliphatic carbocycles. The third-order valence-corrected chi connectivity index (χ3v) is 4.52. The Bertz CT molecular complexity index is 879. The second-order valence-electron chi connectivity index (χ2n) is 6.39. The first-order valence-corrected chi connectivity index (χ1v) is 9.04. The van der Waals surface area contributed by atoms with Crippen molar-refractivity contribution in [2.75, 3.05) is 30.5 Å². The van der Waals surface area contributed by atoms with Crippen molar-refractivity contribution in [3.05, 3.63) is 54.1 Å². The van der Waals surface area contributed by atoms with Crippen molar-refractivity contribution >= 4 is 29.2 Å². The van der Waals surface area contributed by atoms with Crippen LogP contribution >= 0.6 is 0 Å². The third-order valence-electron chi connectivity index (χ3n) is 4.52. The smallest absolute Gasteiger partial charge is 0.338 e. The number of anilines is 2. The minimum absolute atomic E-state index is 0.105. The summed E-state index contributed by atoms with van der Waals surface area (Å²) in [6.45, 7) is 2.35. The van der Waals surface area contributed by atoms with Crippen molar-refractivity contribution in [3.63, 3.8) is 0 Å².